The maximum Gasteiger partial charge on any atom is 0.294 e. The van der Waals surface area contributed by atoms with Gasteiger partial charge in [-0.15, -0.1) is 6.58 Å². The molecule has 0 saturated carbocycles. The van der Waals surface area contributed by atoms with Crippen LogP contribution in [-0.4, -0.2) is 22.5 Å². The Morgan fingerprint density at radius 3 is 2.40 bits per heavy atom. The van der Waals surface area contributed by atoms with Crippen LogP contribution in [0.15, 0.2) is 73.2 Å². The molecule has 2 rings (SSSR count). The molecule has 1 aromatic carbocycles. The van der Waals surface area contributed by atoms with Crippen LogP contribution in [0.2, 0.25) is 0 Å². The lowest BCUT2D eigenvalue weighted by atomic mass is 10.3. The Balaban J connectivity index is 0.000000200. The second-order valence-electron chi connectivity index (χ2n) is 3.82. The van der Waals surface area contributed by atoms with Gasteiger partial charge in [-0.25, -0.2) is 4.98 Å². The summed E-state index contributed by atoms with van der Waals surface area (Å²) in [5.41, 5.74) is 0.993. The van der Waals surface area contributed by atoms with Crippen molar-refractivity contribution in [2.45, 2.75) is 11.3 Å². The van der Waals surface area contributed by atoms with E-state index in [4.69, 9.17) is 4.55 Å². The first-order valence-corrected chi connectivity index (χ1v) is 7.18. The van der Waals surface area contributed by atoms with Gasteiger partial charge >= 0.3 is 0 Å². The molecule has 0 aliphatic heterocycles. The highest BCUT2D eigenvalue weighted by molar-refractivity contribution is 7.85. The van der Waals surface area contributed by atoms with Gasteiger partial charge in [0.25, 0.3) is 10.1 Å². The van der Waals surface area contributed by atoms with Gasteiger partial charge in [-0.3, -0.25) is 4.55 Å². The van der Waals surface area contributed by atoms with Crippen molar-refractivity contribution in [2.24, 2.45) is 0 Å². The van der Waals surface area contributed by atoms with Crippen LogP contribution < -0.4 is 0 Å². The number of hydrogen-bond donors (Lipinski definition) is 1. The van der Waals surface area contributed by atoms with Crippen LogP contribution in [0.4, 0.5) is 0 Å². The molecule has 20 heavy (non-hydrogen) atoms. The van der Waals surface area contributed by atoms with E-state index in [1.54, 1.807) is 30.7 Å². The summed E-state index contributed by atoms with van der Waals surface area (Å²) in [5, 5.41) is 0. The molecule has 0 aliphatic rings. The van der Waals surface area contributed by atoms with E-state index >= 15 is 0 Å². The standard InChI is InChI=1S/C8H10N2.C6H6O3S/c1-3-4-8(2)10-6-5-9-7-10;7-10(8,9)6-4-2-1-3-5-6/h3,5-7H,1-2,4H2;1-5H,(H,7,8,9). The quantitative estimate of drug-likeness (QED) is 0.694. The predicted molar refractivity (Wildman–Crippen MR) is 78.6 cm³/mol. The fourth-order valence-electron chi connectivity index (χ4n) is 1.31. The summed E-state index contributed by atoms with van der Waals surface area (Å²) >= 11 is 0. The minimum Gasteiger partial charge on any atom is -0.310 e. The summed E-state index contributed by atoms with van der Waals surface area (Å²) in [6.07, 6.45) is 7.95. The number of benzene rings is 1. The summed E-state index contributed by atoms with van der Waals surface area (Å²) in [4.78, 5) is 3.82. The largest absolute Gasteiger partial charge is 0.310 e. The van der Waals surface area contributed by atoms with E-state index < -0.39 is 10.1 Å². The van der Waals surface area contributed by atoms with E-state index in [1.807, 2.05) is 16.8 Å². The topological polar surface area (TPSA) is 72.2 Å². The monoisotopic (exact) mass is 292 g/mol. The first-order chi connectivity index (χ1) is 9.45. The normalized spacial score (nSPS) is 10.2. The molecule has 0 fully saturated rings. The van der Waals surface area contributed by atoms with Gasteiger partial charge in [0, 0.05) is 24.5 Å². The molecule has 1 aromatic heterocycles. The van der Waals surface area contributed by atoms with E-state index in [-0.39, 0.29) is 4.90 Å². The molecule has 0 spiro atoms. The summed E-state index contributed by atoms with van der Waals surface area (Å²) in [7, 11) is -4.00. The molecule has 6 heteroatoms. The average molecular weight is 292 g/mol. The number of allylic oxidation sites excluding steroid dienone is 2. The van der Waals surface area contributed by atoms with Crippen LogP contribution in [0.5, 0.6) is 0 Å². The Morgan fingerprint density at radius 1 is 1.35 bits per heavy atom. The maximum atomic E-state index is 10.4. The highest BCUT2D eigenvalue weighted by atomic mass is 32.2. The molecule has 106 valence electrons. The second-order valence-corrected chi connectivity index (χ2v) is 5.24. The SMILES string of the molecule is C=CCC(=C)n1ccnc1.O=S(=O)(O)c1ccccc1. The Labute approximate surface area is 118 Å². The van der Waals surface area contributed by atoms with E-state index in [9.17, 15) is 8.42 Å². The Kier molecular flexibility index (Phi) is 5.89. The minimum atomic E-state index is -4.00. The zero-order valence-electron chi connectivity index (χ0n) is 10.9. The highest BCUT2D eigenvalue weighted by Crippen LogP contribution is 2.05. The van der Waals surface area contributed by atoms with Gasteiger partial charge in [-0.2, -0.15) is 8.42 Å². The summed E-state index contributed by atoms with van der Waals surface area (Å²) in [6, 6.07) is 7.42. The van der Waals surface area contributed by atoms with Gasteiger partial charge < -0.3 is 4.57 Å². The van der Waals surface area contributed by atoms with Crippen LogP contribution in [0.1, 0.15) is 6.42 Å². The second kappa shape index (κ2) is 7.42. The highest BCUT2D eigenvalue weighted by Gasteiger charge is 2.05. The Bertz CT molecular complexity index is 647. The number of imidazole rings is 1. The van der Waals surface area contributed by atoms with Gasteiger partial charge in [0.2, 0.25) is 0 Å². The van der Waals surface area contributed by atoms with Gasteiger partial charge in [0.1, 0.15) is 0 Å². The first kappa shape index (κ1) is 15.9. The Morgan fingerprint density at radius 2 is 2.00 bits per heavy atom. The van der Waals surface area contributed by atoms with Gasteiger partial charge in [-0.1, -0.05) is 30.9 Å². The average Bonchev–Trinajstić information content (AvgIpc) is 2.94. The number of aromatic nitrogens is 2. The first-order valence-electron chi connectivity index (χ1n) is 5.74. The third-order valence-corrected chi connectivity index (χ3v) is 3.16. The molecule has 0 bridgehead atoms. The van der Waals surface area contributed by atoms with Crippen molar-refractivity contribution in [2.75, 3.05) is 0 Å². The molecule has 1 heterocycles. The molecule has 1 N–H and O–H groups in total. The minimum absolute atomic E-state index is 0.0741. The zero-order chi connectivity index (χ0) is 15.0. The number of nitrogens with zero attached hydrogens (tertiary/aromatic N) is 2. The van der Waals surface area contributed by atoms with E-state index in [2.05, 4.69) is 18.1 Å². The van der Waals surface area contributed by atoms with Gasteiger partial charge in [0.15, 0.2) is 0 Å². The van der Waals surface area contributed by atoms with E-state index in [0.717, 1.165) is 12.1 Å². The lowest BCUT2D eigenvalue weighted by Crippen LogP contribution is -1.96. The fraction of sp³-hybridized carbons (Fsp3) is 0.0714. The third-order valence-electron chi connectivity index (χ3n) is 2.29. The van der Waals surface area contributed by atoms with Gasteiger partial charge in [-0.05, 0) is 12.1 Å². The molecule has 0 unspecified atom stereocenters. The van der Waals surface area contributed by atoms with Crippen molar-refractivity contribution >= 4 is 15.8 Å². The lowest BCUT2D eigenvalue weighted by Gasteiger charge is -2.00. The molecule has 0 aliphatic carbocycles. The number of rotatable bonds is 4. The third kappa shape index (κ3) is 5.21. The smallest absolute Gasteiger partial charge is 0.294 e. The summed E-state index contributed by atoms with van der Waals surface area (Å²) < 4.78 is 31.1. The number of hydrogen-bond acceptors (Lipinski definition) is 3. The van der Waals surface area contributed by atoms with Crippen molar-refractivity contribution in [1.29, 1.82) is 0 Å². The lowest BCUT2D eigenvalue weighted by molar-refractivity contribution is 0.483. The van der Waals surface area contributed by atoms with E-state index in [0.29, 0.717) is 0 Å². The molecule has 5 nitrogen and oxygen atoms in total. The molecular weight excluding hydrogens is 276 g/mol. The molecule has 0 saturated heterocycles. The van der Waals surface area contributed by atoms with Crippen LogP contribution in [0.3, 0.4) is 0 Å². The van der Waals surface area contributed by atoms with Crippen LogP contribution in [0, 0.1) is 0 Å². The van der Waals surface area contributed by atoms with Crippen molar-refractivity contribution in [3.8, 4) is 0 Å². The predicted octanol–water partition coefficient (Wildman–Crippen LogP) is 2.86. The molecule has 0 atom stereocenters. The van der Waals surface area contributed by atoms with Crippen molar-refractivity contribution in [3.05, 3.63) is 68.3 Å². The van der Waals surface area contributed by atoms with Gasteiger partial charge in [0.05, 0.1) is 11.2 Å². The zero-order valence-corrected chi connectivity index (χ0v) is 11.7. The molecular formula is C14H16N2O3S. The van der Waals surface area contributed by atoms with Crippen LogP contribution >= 0.6 is 0 Å². The van der Waals surface area contributed by atoms with Crippen LogP contribution in [-0.2, 0) is 10.1 Å². The fourth-order valence-corrected chi connectivity index (χ4v) is 1.81. The summed E-state index contributed by atoms with van der Waals surface area (Å²) in [5.74, 6) is 0. The summed E-state index contributed by atoms with van der Waals surface area (Å²) in [6.45, 7) is 7.45. The molecule has 0 amide bonds. The Hall–Kier alpha value is -2.18. The van der Waals surface area contributed by atoms with Crippen molar-refractivity contribution in [3.63, 3.8) is 0 Å². The molecule has 2 aromatic rings. The molecule has 0 radical (unpaired) electrons. The van der Waals surface area contributed by atoms with E-state index in [1.165, 1.54) is 12.1 Å². The van der Waals surface area contributed by atoms with Crippen LogP contribution in [0.25, 0.3) is 5.70 Å². The van der Waals surface area contributed by atoms with Crippen molar-refractivity contribution < 1.29 is 13.0 Å². The maximum absolute atomic E-state index is 10.4. The van der Waals surface area contributed by atoms with Crippen molar-refractivity contribution in [1.82, 2.24) is 9.55 Å².